The van der Waals surface area contributed by atoms with Crippen LogP contribution < -0.4 is 15.8 Å². The number of anilines is 2. The molecule has 1 aliphatic heterocycles. The molecule has 2 atom stereocenters. The fourth-order valence-corrected chi connectivity index (χ4v) is 3.68. The zero-order valence-corrected chi connectivity index (χ0v) is 12.5. The zero-order valence-electron chi connectivity index (χ0n) is 12.5. The molecule has 1 heterocycles. The molecule has 3 N–H and O–H groups in total. The summed E-state index contributed by atoms with van der Waals surface area (Å²) in [6.45, 7) is 2.57. The lowest BCUT2D eigenvalue weighted by Crippen LogP contribution is -2.32. The normalized spacial score (nSPS) is 24.8. The largest absolute Gasteiger partial charge is 0.495 e. The van der Waals surface area contributed by atoms with Crippen LogP contribution in [0.4, 0.5) is 11.4 Å². The molecule has 0 aromatic heterocycles. The van der Waals surface area contributed by atoms with E-state index < -0.39 is 0 Å². The number of benzene rings is 1. The number of hydrogen-bond donors (Lipinski definition) is 2. The Hall–Kier alpha value is -1.75. The maximum atomic E-state index is 12.2. The average molecular weight is 289 g/mol. The van der Waals surface area contributed by atoms with Crippen LogP contribution in [0, 0.1) is 11.8 Å². The van der Waals surface area contributed by atoms with Crippen LogP contribution in [-0.4, -0.2) is 37.6 Å². The number of carbonyl (C=O) groups excluding carboxylic acids is 1. The summed E-state index contributed by atoms with van der Waals surface area (Å²) in [5.74, 6) is 2.24. The number of carbonyl (C=O) groups is 1. The number of hydrogen-bond acceptors (Lipinski definition) is 4. The standard InChI is InChI=1S/C16H23N3O2/c1-21-15-6-5-13(17)7-14(15)18-16(20)10-19-8-11-3-2-4-12(11)9-19/h5-7,11-12H,2-4,8-10,17H2,1H3,(H,18,20). The van der Waals surface area contributed by atoms with Crippen molar-refractivity contribution in [2.45, 2.75) is 19.3 Å². The minimum atomic E-state index is -0.00104. The van der Waals surface area contributed by atoms with Gasteiger partial charge >= 0.3 is 0 Å². The van der Waals surface area contributed by atoms with Crippen molar-refractivity contribution in [2.24, 2.45) is 11.8 Å². The summed E-state index contributed by atoms with van der Waals surface area (Å²) in [6, 6.07) is 5.26. The fourth-order valence-electron chi connectivity index (χ4n) is 3.68. The monoisotopic (exact) mass is 289 g/mol. The summed E-state index contributed by atoms with van der Waals surface area (Å²) < 4.78 is 5.25. The maximum absolute atomic E-state index is 12.2. The smallest absolute Gasteiger partial charge is 0.238 e. The minimum absolute atomic E-state index is 0.00104. The summed E-state index contributed by atoms with van der Waals surface area (Å²) in [7, 11) is 1.59. The maximum Gasteiger partial charge on any atom is 0.238 e. The highest BCUT2D eigenvalue weighted by Gasteiger charge is 2.36. The Balaban J connectivity index is 1.58. The SMILES string of the molecule is COc1ccc(N)cc1NC(=O)CN1CC2CCCC2C1. The van der Waals surface area contributed by atoms with Gasteiger partial charge in [-0.2, -0.15) is 0 Å². The van der Waals surface area contributed by atoms with E-state index in [-0.39, 0.29) is 5.91 Å². The van der Waals surface area contributed by atoms with Crippen molar-refractivity contribution in [2.75, 3.05) is 37.8 Å². The van der Waals surface area contributed by atoms with Crippen molar-refractivity contribution in [3.05, 3.63) is 18.2 Å². The molecule has 1 aromatic carbocycles. The molecular formula is C16H23N3O2. The van der Waals surface area contributed by atoms with Gasteiger partial charge in [-0.05, 0) is 42.9 Å². The van der Waals surface area contributed by atoms with Crippen molar-refractivity contribution in [1.29, 1.82) is 0 Å². The fraction of sp³-hybridized carbons (Fsp3) is 0.562. The lowest BCUT2D eigenvalue weighted by atomic mass is 10.0. The van der Waals surface area contributed by atoms with E-state index in [2.05, 4.69) is 10.2 Å². The quantitative estimate of drug-likeness (QED) is 0.831. The second-order valence-corrected chi connectivity index (χ2v) is 6.15. The number of nitrogens with zero attached hydrogens (tertiary/aromatic N) is 1. The van der Waals surface area contributed by atoms with Crippen LogP contribution in [-0.2, 0) is 4.79 Å². The van der Waals surface area contributed by atoms with E-state index >= 15 is 0 Å². The molecule has 3 rings (SSSR count). The first-order chi connectivity index (χ1) is 10.2. The Morgan fingerprint density at radius 1 is 1.38 bits per heavy atom. The molecule has 0 spiro atoms. The molecule has 2 aliphatic rings. The Labute approximate surface area is 125 Å². The van der Waals surface area contributed by atoms with Crippen molar-refractivity contribution in [1.82, 2.24) is 4.90 Å². The molecule has 1 aliphatic carbocycles. The second kappa shape index (κ2) is 5.93. The van der Waals surface area contributed by atoms with E-state index in [9.17, 15) is 4.79 Å². The van der Waals surface area contributed by atoms with Gasteiger partial charge in [-0.3, -0.25) is 9.69 Å². The first kappa shape index (κ1) is 14.2. The predicted molar refractivity (Wildman–Crippen MR) is 83.3 cm³/mol. The van der Waals surface area contributed by atoms with Gasteiger partial charge in [-0.15, -0.1) is 0 Å². The highest BCUT2D eigenvalue weighted by molar-refractivity contribution is 5.94. The first-order valence-electron chi connectivity index (χ1n) is 7.61. The van der Waals surface area contributed by atoms with Crippen LogP contribution in [0.15, 0.2) is 18.2 Å². The molecule has 5 heteroatoms. The lowest BCUT2D eigenvalue weighted by molar-refractivity contribution is -0.117. The van der Waals surface area contributed by atoms with Gasteiger partial charge in [0.1, 0.15) is 5.75 Å². The molecule has 2 unspecified atom stereocenters. The van der Waals surface area contributed by atoms with Gasteiger partial charge in [0.05, 0.1) is 19.3 Å². The first-order valence-corrected chi connectivity index (χ1v) is 7.61. The molecule has 1 saturated carbocycles. The van der Waals surface area contributed by atoms with Crippen molar-refractivity contribution < 1.29 is 9.53 Å². The Kier molecular flexibility index (Phi) is 4.01. The number of rotatable bonds is 4. The van der Waals surface area contributed by atoms with Crippen LogP contribution in [0.2, 0.25) is 0 Å². The number of fused-ring (bicyclic) bond motifs is 1. The van der Waals surface area contributed by atoms with E-state index in [0.29, 0.717) is 23.7 Å². The van der Waals surface area contributed by atoms with Crippen molar-refractivity contribution in [3.8, 4) is 5.75 Å². The van der Waals surface area contributed by atoms with Crippen molar-refractivity contribution in [3.63, 3.8) is 0 Å². The third-order valence-electron chi connectivity index (χ3n) is 4.67. The summed E-state index contributed by atoms with van der Waals surface area (Å²) in [4.78, 5) is 14.5. The average Bonchev–Trinajstić information content (AvgIpc) is 2.99. The van der Waals surface area contributed by atoms with Gasteiger partial charge in [-0.25, -0.2) is 0 Å². The molecule has 0 radical (unpaired) electrons. The molecule has 2 fully saturated rings. The summed E-state index contributed by atoms with van der Waals surface area (Å²) in [6.07, 6.45) is 4.01. The van der Waals surface area contributed by atoms with E-state index in [1.54, 1.807) is 25.3 Å². The number of ether oxygens (including phenoxy) is 1. The van der Waals surface area contributed by atoms with Crippen LogP contribution in [0.1, 0.15) is 19.3 Å². The second-order valence-electron chi connectivity index (χ2n) is 6.15. The molecular weight excluding hydrogens is 266 g/mol. The highest BCUT2D eigenvalue weighted by Crippen LogP contribution is 2.37. The molecule has 114 valence electrons. The van der Waals surface area contributed by atoms with Crippen LogP contribution in [0.5, 0.6) is 5.75 Å². The van der Waals surface area contributed by atoms with E-state index in [4.69, 9.17) is 10.5 Å². The lowest BCUT2D eigenvalue weighted by Gasteiger charge is -2.17. The summed E-state index contributed by atoms with van der Waals surface area (Å²) in [5.41, 5.74) is 7.02. The van der Waals surface area contributed by atoms with Crippen LogP contribution in [0.25, 0.3) is 0 Å². The Bertz CT molecular complexity index is 520. The molecule has 5 nitrogen and oxygen atoms in total. The summed E-state index contributed by atoms with van der Waals surface area (Å²) >= 11 is 0. The summed E-state index contributed by atoms with van der Waals surface area (Å²) in [5, 5.41) is 2.91. The Morgan fingerprint density at radius 3 is 2.76 bits per heavy atom. The molecule has 0 bridgehead atoms. The third kappa shape index (κ3) is 3.13. The molecule has 21 heavy (non-hydrogen) atoms. The minimum Gasteiger partial charge on any atom is -0.495 e. The third-order valence-corrected chi connectivity index (χ3v) is 4.67. The predicted octanol–water partition coefficient (Wildman–Crippen LogP) is 1.95. The van der Waals surface area contributed by atoms with Crippen molar-refractivity contribution >= 4 is 17.3 Å². The van der Waals surface area contributed by atoms with Gasteiger partial charge in [0.2, 0.25) is 5.91 Å². The highest BCUT2D eigenvalue weighted by atomic mass is 16.5. The number of nitrogens with one attached hydrogen (secondary N) is 1. The number of nitrogen functional groups attached to an aromatic ring is 1. The van der Waals surface area contributed by atoms with E-state index in [0.717, 1.165) is 24.9 Å². The van der Waals surface area contributed by atoms with E-state index in [1.807, 2.05) is 0 Å². The zero-order chi connectivity index (χ0) is 14.8. The molecule has 1 aromatic rings. The van der Waals surface area contributed by atoms with Gasteiger partial charge in [0.25, 0.3) is 0 Å². The number of nitrogens with two attached hydrogens (primary N) is 1. The Morgan fingerprint density at radius 2 is 2.10 bits per heavy atom. The number of methoxy groups -OCH3 is 1. The van der Waals surface area contributed by atoms with Gasteiger partial charge in [-0.1, -0.05) is 6.42 Å². The molecule has 1 saturated heterocycles. The number of likely N-dealkylation sites (tertiary alicyclic amines) is 1. The van der Waals surface area contributed by atoms with Crippen LogP contribution >= 0.6 is 0 Å². The van der Waals surface area contributed by atoms with Gasteiger partial charge < -0.3 is 15.8 Å². The molecule has 1 amide bonds. The van der Waals surface area contributed by atoms with Gasteiger partial charge in [0, 0.05) is 18.8 Å². The van der Waals surface area contributed by atoms with E-state index in [1.165, 1.54) is 19.3 Å². The van der Waals surface area contributed by atoms with Gasteiger partial charge in [0.15, 0.2) is 0 Å². The number of amides is 1. The van der Waals surface area contributed by atoms with Crippen LogP contribution in [0.3, 0.4) is 0 Å². The topological polar surface area (TPSA) is 67.6 Å².